The highest BCUT2D eigenvalue weighted by atomic mass is 16.5. The van der Waals surface area contributed by atoms with Crippen LogP contribution < -0.4 is 19.7 Å². The number of rotatable bonds is 6. The van der Waals surface area contributed by atoms with Crippen molar-refractivity contribution in [1.29, 1.82) is 0 Å². The van der Waals surface area contributed by atoms with Gasteiger partial charge in [0, 0.05) is 24.3 Å². The van der Waals surface area contributed by atoms with Crippen molar-refractivity contribution in [2.45, 2.75) is 20.3 Å². The lowest BCUT2D eigenvalue weighted by Gasteiger charge is -2.23. The SMILES string of the molecule is COc1ccc(NC(=O)CC2C(=O)N(c3ccc(OC)cc3)CC2(C)C)cc1. The van der Waals surface area contributed by atoms with Gasteiger partial charge in [-0.05, 0) is 53.9 Å². The van der Waals surface area contributed by atoms with Crippen molar-refractivity contribution in [2.75, 3.05) is 31.0 Å². The molecule has 28 heavy (non-hydrogen) atoms. The Labute approximate surface area is 165 Å². The van der Waals surface area contributed by atoms with Gasteiger partial charge in [0.15, 0.2) is 0 Å². The molecule has 0 saturated carbocycles. The number of carbonyl (C=O) groups is 2. The van der Waals surface area contributed by atoms with Gasteiger partial charge in [-0.2, -0.15) is 0 Å². The number of benzene rings is 2. The van der Waals surface area contributed by atoms with E-state index in [4.69, 9.17) is 9.47 Å². The van der Waals surface area contributed by atoms with Crippen LogP contribution in [0.4, 0.5) is 11.4 Å². The van der Waals surface area contributed by atoms with Crippen LogP contribution in [0.15, 0.2) is 48.5 Å². The summed E-state index contributed by atoms with van der Waals surface area (Å²) < 4.78 is 10.3. The Bertz CT molecular complexity index is 844. The Morgan fingerprint density at radius 1 is 1.04 bits per heavy atom. The normalized spacial score (nSPS) is 18.1. The first-order valence-corrected chi connectivity index (χ1v) is 9.23. The number of amides is 2. The van der Waals surface area contributed by atoms with Crippen molar-refractivity contribution < 1.29 is 19.1 Å². The minimum Gasteiger partial charge on any atom is -0.497 e. The predicted molar refractivity (Wildman–Crippen MR) is 109 cm³/mol. The van der Waals surface area contributed by atoms with Crippen LogP contribution >= 0.6 is 0 Å². The first kappa shape index (κ1) is 19.7. The number of hydrogen-bond acceptors (Lipinski definition) is 4. The van der Waals surface area contributed by atoms with Gasteiger partial charge in [0.05, 0.1) is 20.1 Å². The lowest BCUT2D eigenvalue weighted by Crippen LogP contribution is -2.30. The van der Waals surface area contributed by atoms with E-state index < -0.39 is 0 Å². The highest BCUT2D eigenvalue weighted by molar-refractivity contribution is 6.02. The summed E-state index contributed by atoms with van der Waals surface area (Å²) in [5, 5.41) is 2.87. The van der Waals surface area contributed by atoms with E-state index in [0.29, 0.717) is 12.2 Å². The van der Waals surface area contributed by atoms with E-state index in [1.54, 1.807) is 43.4 Å². The Hall–Kier alpha value is -3.02. The third-order valence-electron chi connectivity index (χ3n) is 5.22. The van der Waals surface area contributed by atoms with E-state index in [1.807, 2.05) is 38.1 Å². The quantitative estimate of drug-likeness (QED) is 0.827. The van der Waals surface area contributed by atoms with E-state index in [2.05, 4.69) is 5.32 Å². The molecular weight excluding hydrogens is 356 g/mol. The highest BCUT2D eigenvalue weighted by Crippen LogP contribution is 2.41. The van der Waals surface area contributed by atoms with Crippen LogP contribution in [0.3, 0.4) is 0 Å². The maximum atomic E-state index is 13.0. The molecule has 2 amide bonds. The number of anilines is 2. The van der Waals surface area contributed by atoms with Gasteiger partial charge < -0.3 is 19.7 Å². The number of nitrogens with zero attached hydrogens (tertiary/aromatic N) is 1. The highest BCUT2D eigenvalue weighted by Gasteiger charge is 2.47. The topological polar surface area (TPSA) is 67.9 Å². The summed E-state index contributed by atoms with van der Waals surface area (Å²) in [5.74, 6) is 0.881. The van der Waals surface area contributed by atoms with Crippen LogP contribution in [0, 0.1) is 11.3 Å². The van der Waals surface area contributed by atoms with Crippen LogP contribution in [-0.4, -0.2) is 32.6 Å². The second-order valence-electron chi connectivity index (χ2n) is 7.64. The summed E-state index contributed by atoms with van der Waals surface area (Å²) in [5.41, 5.74) is 1.19. The second-order valence-corrected chi connectivity index (χ2v) is 7.64. The van der Waals surface area contributed by atoms with E-state index in [9.17, 15) is 9.59 Å². The lowest BCUT2D eigenvalue weighted by atomic mass is 9.79. The van der Waals surface area contributed by atoms with Gasteiger partial charge in [-0.3, -0.25) is 9.59 Å². The zero-order chi connectivity index (χ0) is 20.3. The van der Waals surface area contributed by atoms with Crippen LogP contribution in [0.5, 0.6) is 11.5 Å². The number of ether oxygens (including phenoxy) is 2. The predicted octanol–water partition coefficient (Wildman–Crippen LogP) is 3.72. The summed E-state index contributed by atoms with van der Waals surface area (Å²) in [7, 11) is 3.20. The van der Waals surface area contributed by atoms with Crippen molar-refractivity contribution in [2.24, 2.45) is 11.3 Å². The molecular formula is C22H26N2O4. The molecule has 3 rings (SSSR count). The number of hydrogen-bond donors (Lipinski definition) is 1. The molecule has 0 bridgehead atoms. The lowest BCUT2D eigenvalue weighted by molar-refractivity contribution is -0.126. The molecule has 2 aromatic rings. The summed E-state index contributed by atoms with van der Waals surface area (Å²) in [4.78, 5) is 27.4. The molecule has 6 nitrogen and oxygen atoms in total. The summed E-state index contributed by atoms with van der Waals surface area (Å²) >= 11 is 0. The molecule has 0 aromatic heterocycles. The van der Waals surface area contributed by atoms with E-state index in [-0.39, 0.29) is 29.6 Å². The van der Waals surface area contributed by atoms with Gasteiger partial charge in [-0.25, -0.2) is 0 Å². The van der Waals surface area contributed by atoms with Gasteiger partial charge in [0.2, 0.25) is 11.8 Å². The first-order chi connectivity index (χ1) is 13.3. The minimum atomic E-state index is -0.382. The second kappa shape index (κ2) is 7.92. The fourth-order valence-electron chi connectivity index (χ4n) is 3.53. The molecule has 1 atom stereocenters. The van der Waals surface area contributed by atoms with Crippen molar-refractivity contribution in [3.05, 3.63) is 48.5 Å². The number of carbonyl (C=O) groups excluding carboxylic acids is 2. The molecule has 0 aliphatic carbocycles. The van der Waals surface area contributed by atoms with Gasteiger partial charge in [-0.15, -0.1) is 0 Å². The number of nitrogens with one attached hydrogen (secondary N) is 1. The molecule has 1 saturated heterocycles. The average molecular weight is 382 g/mol. The van der Waals surface area contributed by atoms with Crippen LogP contribution in [0.25, 0.3) is 0 Å². The molecule has 1 aliphatic rings. The molecule has 1 heterocycles. The van der Waals surface area contributed by atoms with Crippen LogP contribution in [-0.2, 0) is 9.59 Å². The van der Waals surface area contributed by atoms with Crippen LogP contribution in [0.1, 0.15) is 20.3 Å². The molecule has 0 radical (unpaired) electrons. The van der Waals surface area contributed by atoms with Crippen molar-refractivity contribution in [3.8, 4) is 11.5 Å². The fourth-order valence-corrected chi connectivity index (χ4v) is 3.53. The smallest absolute Gasteiger partial charge is 0.231 e. The largest absolute Gasteiger partial charge is 0.497 e. The monoisotopic (exact) mass is 382 g/mol. The first-order valence-electron chi connectivity index (χ1n) is 9.23. The van der Waals surface area contributed by atoms with Crippen molar-refractivity contribution in [1.82, 2.24) is 0 Å². The molecule has 148 valence electrons. The van der Waals surface area contributed by atoms with Crippen molar-refractivity contribution in [3.63, 3.8) is 0 Å². The maximum Gasteiger partial charge on any atom is 0.231 e. The summed E-state index contributed by atoms with van der Waals surface area (Å²) in [6.07, 6.45) is 0.143. The van der Waals surface area contributed by atoms with Gasteiger partial charge in [0.25, 0.3) is 0 Å². The maximum absolute atomic E-state index is 13.0. The molecule has 1 fully saturated rings. The zero-order valence-corrected chi connectivity index (χ0v) is 16.7. The minimum absolute atomic E-state index is 0.0277. The van der Waals surface area contributed by atoms with Gasteiger partial charge in [-0.1, -0.05) is 13.8 Å². The third kappa shape index (κ3) is 4.11. The number of methoxy groups -OCH3 is 2. The zero-order valence-electron chi connectivity index (χ0n) is 16.7. The van der Waals surface area contributed by atoms with Crippen LogP contribution in [0.2, 0.25) is 0 Å². The molecule has 1 N–H and O–H groups in total. The molecule has 2 aromatic carbocycles. The fraction of sp³-hybridized carbons (Fsp3) is 0.364. The molecule has 0 spiro atoms. The Kier molecular flexibility index (Phi) is 5.58. The van der Waals surface area contributed by atoms with Gasteiger partial charge in [0.1, 0.15) is 11.5 Å². The molecule has 1 unspecified atom stereocenters. The Morgan fingerprint density at radius 2 is 1.57 bits per heavy atom. The van der Waals surface area contributed by atoms with Crippen molar-refractivity contribution >= 4 is 23.2 Å². The van der Waals surface area contributed by atoms with E-state index in [0.717, 1.165) is 17.2 Å². The Morgan fingerprint density at radius 3 is 2.11 bits per heavy atom. The van der Waals surface area contributed by atoms with E-state index >= 15 is 0 Å². The summed E-state index contributed by atoms with van der Waals surface area (Å²) in [6, 6.07) is 14.5. The molecule has 1 aliphatic heterocycles. The third-order valence-corrected chi connectivity index (χ3v) is 5.22. The average Bonchev–Trinajstić information content (AvgIpc) is 2.92. The summed E-state index contributed by atoms with van der Waals surface area (Å²) in [6.45, 7) is 4.62. The standard InChI is InChI=1S/C22H26N2O4/c1-22(2)14-24(16-7-11-18(28-4)12-8-16)21(26)19(22)13-20(25)23-15-5-9-17(27-3)10-6-15/h5-12,19H,13-14H2,1-4H3,(H,23,25). The molecule has 6 heteroatoms. The van der Waals surface area contributed by atoms with Gasteiger partial charge >= 0.3 is 0 Å². The van der Waals surface area contributed by atoms with E-state index in [1.165, 1.54) is 0 Å². The Balaban J connectivity index is 1.69.